The Balaban J connectivity index is 2.39. The fourth-order valence-electron chi connectivity index (χ4n) is 1.76. The van der Waals surface area contributed by atoms with Crippen LogP contribution in [-0.4, -0.2) is 11.9 Å². The first-order chi connectivity index (χ1) is 8.27. The van der Waals surface area contributed by atoms with Crippen molar-refractivity contribution < 1.29 is 4.74 Å². The van der Waals surface area contributed by atoms with Crippen molar-refractivity contribution in [3.8, 4) is 5.75 Å². The molecule has 0 bridgehead atoms. The smallest absolute Gasteiger partial charge is 0.119 e. The van der Waals surface area contributed by atoms with E-state index < -0.39 is 0 Å². The van der Waals surface area contributed by atoms with Crippen LogP contribution in [0.2, 0.25) is 0 Å². The normalized spacial score (nSPS) is 12.4. The van der Waals surface area contributed by atoms with Gasteiger partial charge in [0.05, 0.1) is 6.61 Å². The largest absolute Gasteiger partial charge is 0.494 e. The lowest BCUT2D eigenvalue weighted by atomic mass is 9.99. The zero-order valence-corrected chi connectivity index (χ0v) is 12.5. The van der Waals surface area contributed by atoms with Crippen molar-refractivity contribution in [3.63, 3.8) is 0 Å². The van der Waals surface area contributed by atoms with Crippen LogP contribution >= 0.6 is 15.9 Å². The van der Waals surface area contributed by atoms with Crippen LogP contribution in [0.4, 0.5) is 0 Å². The van der Waals surface area contributed by atoms with Crippen molar-refractivity contribution in [3.05, 3.63) is 29.8 Å². The van der Waals surface area contributed by atoms with Crippen molar-refractivity contribution in [1.82, 2.24) is 0 Å². The van der Waals surface area contributed by atoms with E-state index in [1.807, 2.05) is 0 Å². The molecule has 0 aliphatic rings. The Kier molecular flexibility index (Phi) is 7.34. The third-order valence-corrected chi connectivity index (χ3v) is 3.47. The van der Waals surface area contributed by atoms with Crippen molar-refractivity contribution >= 4 is 15.9 Å². The summed E-state index contributed by atoms with van der Waals surface area (Å²) in [5.41, 5.74) is 1.39. The summed E-state index contributed by atoms with van der Waals surface area (Å²) in [4.78, 5) is 0. The van der Waals surface area contributed by atoms with Crippen LogP contribution in [0.3, 0.4) is 0 Å². The minimum atomic E-state index is 0.614. The Hall–Kier alpha value is -0.500. The van der Waals surface area contributed by atoms with Gasteiger partial charge in [-0.25, -0.2) is 0 Å². The molecular weight excluding hydrogens is 276 g/mol. The first-order valence-electron chi connectivity index (χ1n) is 6.56. The molecule has 2 heteroatoms. The van der Waals surface area contributed by atoms with Gasteiger partial charge in [-0.2, -0.15) is 0 Å². The maximum atomic E-state index is 5.69. The van der Waals surface area contributed by atoms with Crippen LogP contribution in [0, 0.1) is 0 Å². The van der Waals surface area contributed by atoms with Gasteiger partial charge in [-0.3, -0.25) is 0 Å². The standard InChI is InChI=1S/C15H23BrO/c1-3-4-5-12-17-15-8-6-14(7-9-15)13(2)10-11-16/h6-9,13H,3-5,10-12H2,1-2H3. The van der Waals surface area contributed by atoms with Gasteiger partial charge in [-0.1, -0.05) is 54.8 Å². The second-order valence-corrected chi connectivity index (χ2v) is 5.30. The number of hydrogen-bond donors (Lipinski definition) is 0. The Morgan fingerprint density at radius 2 is 1.88 bits per heavy atom. The number of unbranched alkanes of at least 4 members (excludes halogenated alkanes) is 2. The van der Waals surface area contributed by atoms with Crippen molar-refractivity contribution in [2.24, 2.45) is 0 Å². The minimum Gasteiger partial charge on any atom is -0.494 e. The number of halogens is 1. The zero-order valence-electron chi connectivity index (χ0n) is 10.9. The molecule has 17 heavy (non-hydrogen) atoms. The topological polar surface area (TPSA) is 9.23 Å². The number of rotatable bonds is 8. The molecule has 0 aromatic heterocycles. The summed E-state index contributed by atoms with van der Waals surface area (Å²) in [5.74, 6) is 1.61. The molecule has 0 aliphatic heterocycles. The van der Waals surface area contributed by atoms with E-state index in [2.05, 4.69) is 54.0 Å². The molecule has 1 aromatic rings. The van der Waals surface area contributed by atoms with E-state index in [1.54, 1.807) is 0 Å². The molecule has 1 unspecified atom stereocenters. The molecule has 0 amide bonds. The van der Waals surface area contributed by atoms with Gasteiger partial charge in [0.2, 0.25) is 0 Å². The minimum absolute atomic E-state index is 0.614. The number of alkyl halides is 1. The first kappa shape index (κ1) is 14.6. The quantitative estimate of drug-likeness (QED) is 0.477. The highest BCUT2D eigenvalue weighted by atomic mass is 79.9. The van der Waals surface area contributed by atoms with E-state index in [0.717, 1.165) is 24.1 Å². The van der Waals surface area contributed by atoms with E-state index in [4.69, 9.17) is 4.74 Å². The van der Waals surface area contributed by atoms with E-state index in [9.17, 15) is 0 Å². The van der Waals surface area contributed by atoms with Gasteiger partial charge in [-0.05, 0) is 36.5 Å². The lowest BCUT2D eigenvalue weighted by Crippen LogP contribution is -1.98. The van der Waals surface area contributed by atoms with E-state index >= 15 is 0 Å². The fourth-order valence-corrected chi connectivity index (χ4v) is 2.45. The van der Waals surface area contributed by atoms with Gasteiger partial charge >= 0.3 is 0 Å². The summed E-state index contributed by atoms with van der Waals surface area (Å²) in [6, 6.07) is 8.54. The van der Waals surface area contributed by atoms with Crippen LogP contribution in [0.25, 0.3) is 0 Å². The molecule has 0 saturated carbocycles. The molecule has 1 nitrogen and oxygen atoms in total. The summed E-state index contributed by atoms with van der Waals surface area (Å²) in [6.45, 7) is 5.31. The highest BCUT2D eigenvalue weighted by Gasteiger charge is 2.04. The molecule has 0 radical (unpaired) electrons. The highest BCUT2D eigenvalue weighted by Crippen LogP contribution is 2.22. The molecule has 0 heterocycles. The first-order valence-corrected chi connectivity index (χ1v) is 7.68. The monoisotopic (exact) mass is 298 g/mol. The molecule has 1 atom stereocenters. The van der Waals surface area contributed by atoms with Crippen molar-refractivity contribution in [1.29, 1.82) is 0 Å². The summed E-state index contributed by atoms with van der Waals surface area (Å²) in [5, 5.41) is 1.06. The predicted octanol–water partition coefficient (Wildman–Crippen LogP) is 5.14. The summed E-state index contributed by atoms with van der Waals surface area (Å²) >= 11 is 3.49. The van der Waals surface area contributed by atoms with Gasteiger partial charge in [0, 0.05) is 5.33 Å². The Morgan fingerprint density at radius 3 is 2.47 bits per heavy atom. The number of ether oxygens (including phenoxy) is 1. The number of benzene rings is 1. The van der Waals surface area contributed by atoms with Gasteiger partial charge in [0.15, 0.2) is 0 Å². The average molecular weight is 299 g/mol. The van der Waals surface area contributed by atoms with Gasteiger partial charge in [-0.15, -0.1) is 0 Å². The van der Waals surface area contributed by atoms with Crippen LogP contribution in [0.5, 0.6) is 5.75 Å². The molecule has 0 fully saturated rings. The Labute approximate surface area is 114 Å². The summed E-state index contributed by atoms with van der Waals surface area (Å²) < 4.78 is 5.69. The molecule has 0 N–H and O–H groups in total. The third kappa shape index (κ3) is 5.58. The molecule has 0 aliphatic carbocycles. The maximum absolute atomic E-state index is 5.69. The lowest BCUT2D eigenvalue weighted by molar-refractivity contribution is 0.306. The van der Waals surface area contributed by atoms with E-state index in [1.165, 1.54) is 24.8 Å². The summed E-state index contributed by atoms with van der Waals surface area (Å²) in [7, 11) is 0. The van der Waals surface area contributed by atoms with Crippen LogP contribution in [-0.2, 0) is 0 Å². The van der Waals surface area contributed by atoms with Gasteiger partial charge in [0.1, 0.15) is 5.75 Å². The molecule has 96 valence electrons. The van der Waals surface area contributed by atoms with E-state index in [0.29, 0.717) is 5.92 Å². The SMILES string of the molecule is CCCCCOc1ccc(C(C)CCBr)cc1. The third-order valence-electron chi connectivity index (χ3n) is 3.01. The second kappa shape index (κ2) is 8.57. The van der Waals surface area contributed by atoms with Gasteiger partial charge < -0.3 is 4.74 Å². The molecule has 0 spiro atoms. The fraction of sp³-hybridized carbons (Fsp3) is 0.600. The van der Waals surface area contributed by atoms with E-state index in [-0.39, 0.29) is 0 Å². The van der Waals surface area contributed by atoms with Crippen LogP contribution < -0.4 is 4.74 Å². The molecule has 0 saturated heterocycles. The predicted molar refractivity (Wildman–Crippen MR) is 78.3 cm³/mol. The van der Waals surface area contributed by atoms with Crippen molar-refractivity contribution in [2.45, 2.75) is 45.4 Å². The van der Waals surface area contributed by atoms with Crippen LogP contribution in [0.15, 0.2) is 24.3 Å². The second-order valence-electron chi connectivity index (χ2n) is 4.50. The zero-order chi connectivity index (χ0) is 12.5. The van der Waals surface area contributed by atoms with Crippen LogP contribution in [0.1, 0.15) is 51.0 Å². The molecule has 1 rings (SSSR count). The highest BCUT2D eigenvalue weighted by molar-refractivity contribution is 9.09. The average Bonchev–Trinajstić information content (AvgIpc) is 2.36. The maximum Gasteiger partial charge on any atom is 0.119 e. The number of hydrogen-bond acceptors (Lipinski definition) is 1. The summed E-state index contributed by atoms with van der Waals surface area (Å²) in [6.07, 6.45) is 4.82. The lowest BCUT2D eigenvalue weighted by Gasteiger charge is -2.11. The molecular formula is C15H23BrO. The Bertz CT molecular complexity index is 294. The molecule has 1 aromatic carbocycles. The van der Waals surface area contributed by atoms with Crippen molar-refractivity contribution in [2.75, 3.05) is 11.9 Å². The van der Waals surface area contributed by atoms with Gasteiger partial charge in [0.25, 0.3) is 0 Å². The Morgan fingerprint density at radius 1 is 1.18 bits per heavy atom.